The van der Waals surface area contributed by atoms with Crippen molar-refractivity contribution in [1.82, 2.24) is 10.4 Å². The Hall–Kier alpha value is -1.79. The third-order valence-corrected chi connectivity index (χ3v) is 1.81. The maximum absolute atomic E-state index is 11.9. The normalized spacial score (nSPS) is 13.2. The van der Waals surface area contributed by atoms with Crippen LogP contribution in [0.4, 0.5) is 9.59 Å². The smallest absolute Gasteiger partial charge is 0.429 e. The van der Waals surface area contributed by atoms with Gasteiger partial charge in [-0.2, -0.15) is 0 Å². The van der Waals surface area contributed by atoms with Crippen LogP contribution in [0.15, 0.2) is 0 Å². The van der Waals surface area contributed by atoms with Crippen molar-refractivity contribution in [2.75, 3.05) is 0 Å². The summed E-state index contributed by atoms with van der Waals surface area (Å²) in [6, 6.07) is -0.877. The molecule has 0 fully saturated rings. The molecule has 0 spiro atoms. The predicted octanol–water partition coefficient (Wildman–Crippen LogP) is 2.25. The van der Waals surface area contributed by atoms with Gasteiger partial charge < -0.3 is 14.3 Å². The minimum absolute atomic E-state index is 0.515. The van der Waals surface area contributed by atoms with E-state index in [1.807, 2.05) is 0 Å². The second-order valence-electron chi connectivity index (χ2n) is 6.34. The summed E-state index contributed by atoms with van der Waals surface area (Å²) in [6.45, 7) is 11.6. The fourth-order valence-electron chi connectivity index (χ4n) is 1.08. The number of carbonyl (C=O) groups excluding carboxylic acids is 3. The molecule has 7 heteroatoms. The summed E-state index contributed by atoms with van der Waals surface area (Å²) >= 11 is 0. The van der Waals surface area contributed by atoms with Crippen molar-refractivity contribution in [2.24, 2.45) is 0 Å². The Labute approximate surface area is 119 Å². The Morgan fingerprint density at radius 2 is 1.50 bits per heavy atom. The molecule has 0 aliphatic rings. The summed E-state index contributed by atoms with van der Waals surface area (Å²) < 4.78 is 10.1. The van der Waals surface area contributed by atoms with Gasteiger partial charge in [-0.1, -0.05) is 0 Å². The lowest BCUT2D eigenvalue weighted by molar-refractivity contribution is -0.113. The highest BCUT2D eigenvalue weighted by Crippen LogP contribution is 2.11. The molecule has 0 aromatic rings. The molecule has 1 N–H and O–H groups in total. The van der Waals surface area contributed by atoms with E-state index in [-0.39, 0.29) is 0 Å². The number of nitrogens with one attached hydrogen (secondary N) is 1. The van der Waals surface area contributed by atoms with E-state index in [0.29, 0.717) is 6.29 Å². The van der Waals surface area contributed by atoms with Crippen molar-refractivity contribution in [1.29, 1.82) is 0 Å². The Bertz CT molecular complexity index is 368. The van der Waals surface area contributed by atoms with E-state index in [4.69, 9.17) is 9.47 Å². The molecule has 0 unspecified atom stereocenters. The molecule has 116 valence electrons. The van der Waals surface area contributed by atoms with Crippen LogP contribution in [0.2, 0.25) is 0 Å². The van der Waals surface area contributed by atoms with E-state index < -0.39 is 29.4 Å². The average Bonchev–Trinajstić information content (AvgIpc) is 2.19. The highest BCUT2D eigenvalue weighted by molar-refractivity contribution is 5.77. The standard InChI is InChI=1S/C13H24N2O5/c1-9(8-16)15(11(18)20-13(5,6)7)14-10(17)19-12(2,3)4/h8-9H,1-7H3,(H,14,17)/t9-/m1/s1. The van der Waals surface area contributed by atoms with Gasteiger partial charge >= 0.3 is 12.2 Å². The van der Waals surface area contributed by atoms with Gasteiger partial charge in [0.15, 0.2) is 0 Å². The molecule has 0 aromatic heterocycles. The summed E-state index contributed by atoms with van der Waals surface area (Å²) in [5.74, 6) is 0. The minimum atomic E-state index is -0.877. The number of amides is 2. The lowest BCUT2D eigenvalue weighted by Crippen LogP contribution is -2.54. The van der Waals surface area contributed by atoms with Crippen LogP contribution in [-0.4, -0.2) is 40.7 Å². The first kappa shape index (κ1) is 18.2. The number of hydrogen-bond donors (Lipinski definition) is 1. The van der Waals surface area contributed by atoms with Crippen LogP contribution in [0, 0.1) is 0 Å². The first-order valence-corrected chi connectivity index (χ1v) is 6.33. The molecule has 2 amide bonds. The highest BCUT2D eigenvalue weighted by atomic mass is 16.6. The zero-order chi connectivity index (χ0) is 16.1. The minimum Gasteiger partial charge on any atom is -0.443 e. The molecule has 0 aromatic carbocycles. The average molecular weight is 288 g/mol. The topological polar surface area (TPSA) is 84.9 Å². The van der Waals surface area contributed by atoms with E-state index in [0.717, 1.165) is 5.01 Å². The molecule has 7 nitrogen and oxygen atoms in total. The monoisotopic (exact) mass is 288 g/mol. The molecular weight excluding hydrogens is 264 g/mol. The van der Waals surface area contributed by atoms with Gasteiger partial charge in [0.1, 0.15) is 23.5 Å². The predicted molar refractivity (Wildman–Crippen MR) is 73.0 cm³/mol. The van der Waals surface area contributed by atoms with E-state index in [2.05, 4.69) is 5.43 Å². The van der Waals surface area contributed by atoms with Gasteiger partial charge in [0.25, 0.3) is 0 Å². The van der Waals surface area contributed by atoms with Crippen molar-refractivity contribution in [3.8, 4) is 0 Å². The molecule has 0 aliphatic carbocycles. The Morgan fingerprint density at radius 3 is 1.85 bits per heavy atom. The van der Waals surface area contributed by atoms with Crippen LogP contribution in [0.1, 0.15) is 48.5 Å². The Morgan fingerprint density at radius 1 is 1.05 bits per heavy atom. The van der Waals surface area contributed by atoms with Crippen LogP contribution in [0.5, 0.6) is 0 Å². The van der Waals surface area contributed by atoms with Gasteiger partial charge in [0, 0.05) is 0 Å². The largest absolute Gasteiger partial charge is 0.443 e. The molecule has 0 saturated carbocycles. The SMILES string of the molecule is C[C@H](C=O)N(NC(=O)OC(C)(C)C)C(=O)OC(C)(C)C. The van der Waals surface area contributed by atoms with Gasteiger partial charge in [-0.15, -0.1) is 0 Å². The van der Waals surface area contributed by atoms with Crippen molar-refractivity contribution in [3.63, 3.8) is 0 Å². The van der Waals surface area contributed by atoms with Crippen molar-refractivity contribution in [2.45, 2.75) is 65.7 Å². The van der Waals surface area contributed by atoms with E-state index in [1.54, 1.807) is 41.5 Å². The molecule has 0 heterocycles. The first-order chi connectivity index (χ1) is 8.85. The zero-order valence-electron chi connectivity index (χ0n) is 13.1. The second kappa shape index (κ2) is 6.58. The van der Waals surface area contributed by atoms with Crippen molar-refractivity contribution < 1.29 is 23.9 Å². The van der Waals surface area contributed by atoms with Gasteiger partial charge in [-0.05, 0) is 48.5 Å². The number of carbonyl (C=O) groups is 3. The zero-order valence-corrected chi connectivity index (χ0v) is 13.1. The van der Waals surface area contributed by atoms with Gasteiger partial charge in [-0.3, -0.25) is 0 Å². The number of aldehydes is 1. The third kappa shape index (κ3) is 7.60. The maximum atomic E-state index is 11.9. The maximum Gasteiger partial charge on any atom is 0.429 e. The number of rotatable bonds is 2. The fraction of sp³-hybridized carbons (Fsp3) is 0.769. The van der Waals surface area contributed by atoms with Crippen LogP contribution in [-0.2, 0) is 14.3 Å². The second-order valence-corrected chi connectivity index (χ2v) is 6.34. The Balaban J connectivity index is 4.87. The van der Waals surface area contributed by atoms with Crippen LogP contribution < -0.4 is 5.43 Å². The molecule has 1 atom stereocenters. The van der Waals surface area contributed by atoms with E-state index in [1.165, 1.54) is 6.92 Å². The molecule has 0 aliphatic heterocycles. The summed E-state index contributed by atoms with van der Waals surface area (Å²) in [5.41, 5.74) is 0.756. The van der Waals surface area contributed by atoms with E-state index in [9.17, 15) is 14.4 Å². The Kier molecular flexibility index (Phi) is 5.99. The number of hydrazine groups is 1. The molecular formula is C13H24N2O5. The highest BCUT2D eigenvalue weighted by Gasteiger charge is 2.29. The fourth-order valence-corrected chi connectivity index (χ4v) is 1.08. The third-order valence-electron chi connectivity index (χ3n) is 1.81. The molecule has 0 rings (SSSR count). The lowest BCUT2D eigenvalue weighted by Gasteiger charge is -2.30. The quantitative estimate of drug-likeness (QED) is 0.622. The summed E-state index contributed by atoms with van der Waals surface area (Å²) in [7, 11) is 0. The van der Waals surface area contributed by atoms with Crippen molar-refractivity contribution in [3.05, 3.63) is 0 Å². The van der Waals surface area contributed by atoms with Gasteiger partial charge in [-0.25, -0.2) is 20.0 Å². The molecule has 0 radical (unpaired) electrons. The lowest BCUT2D eigenvalue weighted by atomic mass is 10.2. The molecule has 0 bridgehead atoms. The van der Waals surface area contributed by atoms with Gasteiger partial charge in [0.2, 0.25) is 0 Å². The van der Waals surface area contributed by atoms with Crippen LogP contribution in [0.25, 0.3) is 0 Å². The first-order valence-electron chi connectivity index (χ1n) is 6.33. The van der Waals surface area contributed by atoms with Crippen LogP contribution in [0.3, 0.4) is 0 Å². The number of ether oxygens (including phenoxy) is 2. The van der Waals surface area contributed by atoms with Gasteiger partial charge in [0.05, 0.1) is 0 Å². The van der Waals surface area contributed by atoms with E-state index >= 15 is 0 Å². The summed E-state index contributed by atoms with van der Waals surface area (Å²) in [4.78, 5) is 34.4. The summed E-state index contributed by atoms with van der Waals surface area (Å²) in [6.07, 6.45) is -1.15. The van der Waals surface area contributed by atoms with Crippen LogP contribution >= 0.6 is 0 Å². The molecule has 0 saturated heterocycles. The number of nitrogens with zero attached hydrogens (tertiary/aromatic N) is 1. The van der Waals surface area contributed by atoms with Crippen molar-refractivity contribution >= 4 is 18.5 Å². The summed E-state index contributed by atoms with van der Waals surface area (Å²) in [5, 5.41) is 0.798. The number of hydrogen-bond acceptors (Lipinski definition) is 5. The molecule has 20 heavy (non-hydrogen) atoms.